The topological polar surface area (TPSA) is 0 Å². The SMILES string of the molecule is [CH2]CC1CCCCCCCCCCCCCCCCC1. The Morgan fingerprint density at radius 3 is 0.950 bits per heavy atom. The van der Waals surface area contributed by atoms with Crippen molar-refractivity contribution in [3.63, 3.8) is 0 Å². The molecule has 119 valence electrons. The Balaban J connectivity index is 2.14. The first kappa shape index (κ1) is 18.1. The second-order valence-corrected chi connectivity index (χ2v) is 7.04. The third kappa shape index (κ3) is 10.7. The molecule has 0 spiro atoms. The van der Waals surface area contributed by atoms with Gasteiger partial charge in [0.1, 0.15) is 0 Å². The van der Waals surface area contributed by atoms with Crippen LogP contribution in [0, 0.1) is 12.8 Å². The van der Waals surface area contributed by atoms with Crippen LogP contribution in [0.3, 0.4) is 0 Å². The van der Waals surface area contributed by atoms with Crippen LogP contribution in [0.15, 0.2) is 0 Å². The van der Waals surface area contributed by atoms with E-state index in [0.29, 0.717) is 0 Å². The molecule has 20 heavy (non-hydrogen) atoms. The molecule has 1 rings (SSSR count). The molecule has 0 aliphatic heterocycles. The monoisotopic (exact) mass is 279 g/mol. The summed E-state index contributed by atoms with van der Waals surface area (Å²) in [4.78, 5) is 0. The lowest BCUT2D eigenvalue weighted by Crippen LogP contribution is -1.99. The minimum Gasteiger partial charge on any atom is -0.0533 e. The van der Waals surface area contributed by atoms with Gasteiger partial charge in [-0.05, 0) is 5.92 Å². The average Bonchev–Trinajstić information content (AvgIpc) is 2.47. The molecule has 0 aromatic rings. The average molecular weight is 280 g/mol. The van der Waals surface area contributed by atoms with Gasteiger partial charge in [-0.25, -0.2) is 0 Å². The van der Waals surface area contributed by atoms with Crippen LogP contribution in [-0.2, 0) is 0 Å². The van der Waals surface area contributed by atoms with E-state index in [4.69, 9.17) is 0 Å². The maximum atomic E-state index is 4.16. The van der Waals surface area contributed by atoms with Crippen LogP contribution in [0.25, 0.3) is 0 Å². The van der Waals surface area contributed by atoms with Crippen molar-refractivity contribution in [1.82, 2.24) is 0 Å². The highest BCUT2D eigenvalue weighted by molar-refractivity contribution is 4.62. The van der Waals surface area contributed by atoms with E-state index in [-0.39, 0.29) is 0 Å². The lowest BCUT2D eigenvalue weighted by molar-refractivity contribution is 0.402. The van der Waals surface area contributed by atoms with E-state index in [1.807, 2.05) is 0 Å². The molecule has 0 heterocycles. The first-order chi connectivity index (χ1) is 9.93. The molecular weight excluding hydrogens is 240 g/mol. The van der Waals surface area contributed by atoms with Crippen LogP contribution in [0.2, 0.25) is 0 Å². The largest absolute Gasteiger partial charge is 0.0533 e. The van der Waals surface area contributed by atoms with Crippen molar-refractivity contribution in [2.24, 2.45) is 5.92 Å². The Morgan fingerprint density at radius 2 is 0.700 bits per heavy atom. The van der Waals surface area contributed by atoms with Gasteiger partial charge in [0.05, 0.1) is 0 Å². The molecule has 1 aliphatic carbocycles. The van der Waals surface area contributed by atoms with Gasteiger partial charge in [0.25, 0.3) is 0 Å². The zero-order chi connectivity index (χ0) is 14.3. The van der Waals surface area contributed by atoms with Gasteiger partial charge in [0.2, 0.25) is 0 Å². The van der Waals surface area contributed by atoms with Crippen molar-refractivity contribution >= 4 is 0 Å². The lowest BCUT2D eigenvalue weighted by atomic mass is 9.92. The Morgan fingerprint density at radius 1 is 0.450 bits per heavy atom. The molecule has 0 nitrogen and oxygen atoms in total. The molecule has 0 saturated heterocycles. The van der Waals surface area contributed by atoms with Crippen LogP contribution < -0.4 is 0 Å². The molecule has 0 unspecified atom stereocenters. The quantitative estimate of drug-likeness (QED) is 0.467. The van der Waals surface area contributed by atoms with Gasteiger partial charge in [-0.15, -0.1) is 0 Å². The molecule has 0 amide bonds. The zero-order valence-corrected chi connectivity index (χ0v) is 14.0. The van der Waals surface area contributed by atoms with E-state index >= 15 is 0 Å². The van der Waals surface area contributed by atoms with E-state index in [1.54, 1.807) is 0 Å². The van der Waals surface area contributed by atoms with E-state index in [9.17, 15) is 0 Å². The summed E-state index contributed by atoms with van der Waals surface area (Å²) in [5.41, 5.74) is 0. The fraction of sp³-hybridized carbons (Fsp3) is 0.950. The molecular formula is C20H39. The Kier molecular flexibility index (Phi) is 12.6. The molecule has 1 radical (unpaired) electrons. The van der Waals surface area contributed by atoms with Gasteiger partial charge < -0.3 is 0 Å². The predicted molar refractivity (Wildman–Crippen MR) is 92.0 cm³/mol. The lowest BCUT2D eigenvalue weighted by Gasteiger charge is -2.14. The molecule has 0 heteroatoms. The summed E-state index contributed by atoms with van der Waals surface area (Å²) in [6, 6.07) is 0. The maximum absolute atomic E-state index is 4.16. The Bertz CT molecular complexity index is 166. The van der Waals surface area contributed by atoms with Gasteiger partial charge in [0, 0.05) is 0 Å². The predicted octanol–water partition coefficient (Wildman–Crippen LogP) is 7.47. The first-order valence-corrected chi connectivity index (χ1v) is 9.72. The first-order valence-electron chi connectivity index (χ1n) is 9.72. The number of hydrogen-bond acceptors (Lipinski definition) is 0. The van der Waals surface area contributed by atoms with Crippen LogP contribution in [-0.4, -0.2) is 0 Å². The van der Waals surface area contributed by atoms with Crippen LogP contribution in [0.1, 0.15) is 116 Å². The summed E-state index contributed by atoms with van der Waals surface area (Å²) in [5.74, 6) is 0.925. The standard InChI is InChI=1S/C20H39/c1-2-20-18-16-14-12-10-8-6-4-3-5-7-9-11-13-15-17-19-20/h20H,1-19H2. The van der Waals surface area contributed by atoms with Gasteiger partial charge >= 0.3 is 0 Å². The molecule has 0 atom stereocenters. The van der Waals surface area contributed by atoms with Crippen molar-refractivity contribution < 1.29 is 0 Å². The van der Waals surface area contributed by atoms with Crippen LogP contribution in [0.4, 0.5) is 0 Å². The van der Waals surface area contributed by atoms with Crippen molar-refractivity contribution in [3.8, 4) is 0 Å². The van der Waals surface area contributed by atoms with Gasteiger partial charge in [0.15, 0.2) is 0 Å². The minimum atomic E-state index is 0.925. The second-order valence-electron chi connectivity index (χ2n) is 7.04. The molecule has 1 aliphatic rings. The maximum Gasteiger partial charge on any atom is -0.0414 e. The number of hydrogen-bond donors (Lipinski definition) is 0. The normalized spacial score (nSPS) is 23.9. The fourth-order valence-corrected chi connectivity index (χ4v) is 3.60. The van der Waals surface area contributed by atoms with Gasteiger partial charge in [-0.1, -0.05) is 122 Å². The highest BCUT2D eigenvalue weighted by atomic mass is 14.1. The third-order valence-electron chi connectivity index (χ3n) is 5.13. The highest BCUT2D eigenvalue weighted by Crippen LogP contribution is 2.22. The van der Waals surface area contributed by atoms with E-state index < -0.39 is 0 Å². The van der Waals surface area contributed by atoms with Crippen LogP contribution in [0.5, 0.6) is 0 Å². The third-order valence-corrected chi connectivity index (χ3v) is 5.13. The summed E-state index contributed by atoms with van der Waals surface area (Å²) in [5, 5.41) is 0. The number of rotatable bonds is 1. The molecule has 0 bridgehead atoms. The molecule has 0 aromatic carbocycles. The van der Waals surface area contributed by atoms with E-state index in [1.165, 1.54) is 116 Å². The summed E-state index contributed by atoms with van der Waals surface area (Å²) < 4.78 is 0. The second kappa shape index (κ2) is 14.0. The minimum absolute atomic E-state index is 0.925. The fourth-order valence-electron chi connectivity index (χ4n) is 3.60. The summed E-state index contributed by atoms with van der Waals surface area (Å²) >= 11 is 0. The molecule has 1 fully saturated rings. The van der Waals surface area contributed by atoms with E-state index in [2.05, 4.69) is 6.92 Å². The van der Waals surface area contributed by atoms with E-state index in [0.717, 1.165) is 5.92 Å². The van der Waals surface area contributed by atoms with Crippen molar-refractivity contribution in [2.75, 3.05) is 0 Å². The summed E-state index contributed by atoms with van der Waals surface area (Å²) in [7, 11) is 0. The summed E-state index contributed by atoms with van der Waals surface area (Å²) in [6.07, 6.45) is 26.2. The van der Waals surface area contributed by atoms with Gasteiger partial charge in [-0.3, -0.25) is 0 Å². The molecule has 0 N–H and O–H groups in total. The summed E-state index contributed by atoms with van der Waals surface area (Å²) in [6.45, 7) is 4.16. The zero-order valence-electron chi connectivity index (χ0n) is 14.0. The molecule has 0 aromatic heterocycles. The van der Waals surface area contributed by atoms with Crippen molar-refractivity contribution in [2.45, 2.75) is 116 Å². The molecule has 1 saturated carbocycles. The van der Waals surface area contributed by atoms with Crippen molar-refractivity contribution in [3.05, 3.63) is 6.92 Å². The smallest absolute Gasteiger partial charge is 0.0414 e. The van der Waals surface area contributed by atoms with Gasteiger partial charge in [-0.2, -0.15) is 0 Å². The van der Waals surface area contributed by atoms with Crippen molar-refractivity contribution in [1.29, 1.82) is 0 Å². The highest BCUT2D eigenvalue weighted by Gasteiger charge is 2.06. The Hall–Kier alpha value is 0. The Labute approximate surface area is 129 Å². The van der Waals surface area contributed by atoms with Crippen LogP contribution >= 0.6 is 0 Å².